The number of amides is 1. The zero-order chi connectivity index (χ0) is 16.5. The minimum absolute atomic E-state index is 0.0237. The number of hydrogen-bond donors (Lipinski definition) is 1. The third-order valence-electron chi connectivity index (χ3n) is 4.77. The van der Waals surface area contributed by atoms with Crippen molar-refractivity contribution in [2.75, 3.05) is 29.9 Å². The number of fused-ring (bicyclic) bond motifs is 1. The lowest BCUT2D eigenvalue weighted by atomic mass is 10.1. The van der Waals surface area contributed by atoms with E-state index in [2.05, 4.69) is 15.2 Å². The van der Waals surface area contributed by atoms with Crippen molar-refractivity contribution in [1.29, 1.82) is 0 Å². The van der Waals surface area contributed by atoms with E-state index in [-0.39, 0.29) is 17.9 Å². The summed E-state index contributed by atoms with van der Waals surface area (Å²) >= 11 is 0. The minimum atomic E-state index is -0.111. The Balaban J connectivity index is 1.66. The quantitative estimate of drug-likeness (QED) is 0.939. The molecule has 126 valence electrons. The second kappa shape index (κ2) is 6.36. The Labute approximate surface area is 141 Å². The molecule has 3 heterocycles. The van der Waals surface area contributed by atoms with Gasteiger partial charge in [0.2, 0.25) is 5.91 Å². The highest BCUT2D eigenvalue weighted by Crippen LogP contribution is 2.29. The van der Waals surface area contributed by atoms with Crippen molar-refractivity contribution in [2.24, 2.45) is 5.92 Å². The van der Waals surface area contributed by atoms with Gasteiger partial charge in [-0.05, 0) is 38.3 Å². The third-order valence-corrected chi connectivity index (χ3v) is 4.77. The van der Waals surface area contributed by atoms with Gasteiger partial charge >= 0.3 is 0 Å². The fourth-order valence-electron chi connectivity index (χ4n) is 3.44. The molecular formula is C18H22N4O2. The van der Waals surface area contributed by atoms with Crippen molar-refractivity contribution in [3.05, 3.63) is 24.3 Å². The maximum atomic E-state index is 12.6. The molecule has 2 fully saturated rings. The smallest absolute Gasteiger partial charge is 0.231 e. The van der Waals surface area contributed by atoms with Gasteiger partial charge in [0.15, 0.2) is 11.6 Å². The second-order valence-electron chi connectivity index (χ2n) is 6.64. The molecule has 1 amide bonds. The van der Waals surface area contributed by atoms with E-state index in [4.69, 9.17) is 9.72 Å². The fraction of sp³-hybridized carbons (Fsp3) is 0.500. The summed E-state index contributed by atoms with van der Waals surface area (Å²) in [5, 5.41) is 3.01. The van der Waals surface area contributed by atoms with Gasteiger partial charge in [-0.25, -0.2) is 9.97 Å². The summed E-state index contributed by atoms with van der Waals surface area (Å²) in [6.07, 6.45) is 3.19. The standard InChI is InChI=1S/C18H22N4O2/c1-12-10-13(11-24-12)18(23)21-16-17(22-8-4-5-9-22)20-15-7-3-2-6-14(15)19-16/h2-3,6-7,12-13H,4-5,8-11H2,1H3,(H,19,21,23). The highest BCUT2D eigenvalue weighted by atomic mass is 16.5. The third kappa shape index (κ3) is 2.94. The molecule has 2 unspecified atom stereocenters. The number of benzene rings is 1. The number of nitrogens with zero attached hydrogens (tertiary/aromatic N) is 3. The van der Waals surface area contributed by atoms with Gasteiger partial charge in [-0.2, -0.15) is 0 Å². The van der Waals surface area contributed by atoms with Gasteiger partial charge in [-0.3, -0.25) is 4.79 Å². The maximum Gasteiger partial charge on any atom is 0.231 e. The van der Waals surface area contributed by atoms with Crippen LogP contribution in [-0.4, -0.2) is 41.7 Å². The van der Waals surface area contributed by atoms with E-state index in [0.29, 0.717) is 12.4 Å². The van der Waals surface area contributed by atoms with Crippen molar-refractivity contribution in [3.8, 4) is 0 Å². The lowest BCUT2D eigenvalue weighted by Gasteiger charge is -2.20. The number of ether oxygens (including phenoxy) is 1. The van der Waals surface area contributed by atoms with Crippen LogP contribution in [0.25, 0.3) is 11.0 Å². The van der Waals surface area contributed by atoms with E-state index in [1.165, 1.54) is 0 Å². The molecule has 2 saturated heterocycles. The predicted molar refractivity (Wildman–Crippen MR) is 93.1 cm³/mol. The van der Waals surface area contributed by atoms with Crippen molar-refractivity contribution in [3.63, 3.8) is 0 Å². The first kappa shape index (κ1) is 15.3. The first-order valence-corrected chi connectivity index (χ1v) is 8.65. The largest absolute Gasteiger partial charge is 0.378 e. The van der Waals surface area contributed by atoms with E-state index in [1.807, 2.05) is 31.2 Å². The van der Waals surface area contributed by atoms with Crippen LogP contribution in [0.15, 0.2) is 24.3 Å². The SMILES string of the molecule is CC1CC(C(=O)Nc2nc3ccccc3nc2N2CCCC2)CO1. The summed E-state index contributed by atoms with van der Waals surface area (Å²) in [5.41, 5.74) is 1.65. The Morgan fingerprint density at radius 1 is 1.21 bits per heavy atom. The molecule has 1 aromatic carbocycles. The molecule has 6 nitrogen and oxygen atoms in total. The van der Waals surface area contributed by atoms with E-state index in [9.17, 15) is 4.79 Å². The van der Waals surface area contributed by atoms with Crippen LogP contribution < -0.4 is 10.2 Å². The fourth-order valence-corrected chi connectivity index (χ4v) is 3.44. The summed E-state index contributed by atoms with van der Waals surface area (Å²) in [6.45, 7) is 4.39. The zero-order valence-electron chi connectivity index (χ0n) is 13.9. The maximum absolute atomic E-state index is 12.6. The molecule has 0 radical (unpaired) electrons. The molecule has 4 rings (SSSR count). The van der Waals surface area contributed by atoms with E-state index < -0.39 is 0 Å². The molecule has 6 heteroatoms. The number of rotatable bonds is 3. The number of anilines is 2. The normalized spacial score (nSPS) is 23.8. The van der Waals surface area contributed by atoms with Crippen LogP contribution in [0.3, 0.4) is 0 Å². The zero-order valence-corrected chi connectivity index (χ0v) is 13.9. The van der Waals surface area contributed by atoms with Gasteiger partial charge in [0.05, 0.1) is 29.7 Å². The number of aromatic nitrogens is 2. The van der Waals surface area contributed by atoms with E-state index in [1.54, 1.807) is 0 Å². The predicted octanol–water partition coefficient (Wildman–Crippen LogP) is 2.59. The van der Waals surface area contributed by atoms with Crippen molar-refractivity contribution < 1.29 is 9.53 Å². The van der Waals surface area contributed by atoms with Crippen molar-refractivity contribution in [1.82, 2.24) is 9.97 Å². The molecule has 0 aliphatic carbocycles. The summed E-state index contributed by atoms with van der Waals surface area (Å²) in [7, 11) is 0. The molecule has 1 N–H and O–H groups in total. The van der Waals surface area contributed by atoms with E-state index in [0.717, 1.165) is 49.2 Å². The highest BCUT2D eigenvalue weighted by molar-refractivity contribution is 5.95. The van der Waals surface area contributed by atoms with Crippen LogP contribution in [0.4, 0.5) is 11.6 Å². The topological polar surface area (TPSA) is 67.4 Å². The summed E-state index contributed by atoms with van der Waals surface area (Å²) in [6, 6.07) is 7.78. The molecular weight excluding hydrogens is 304 g/mol. The average Bonchev–Trinajstić information content (AvgIpc) is 3.26. The molecule has 2 atom stereocenters. The average molecular weight is 326 g/mol. The first-order chi connectivity index (χ1) is 11.7. The molecule has 0 bridgehead atoms. The van der Waals surface area contributed by atoms with Crippen LogP contribution in [0.2, 0.25) is 0 Å². The Kier molecular flexibility index (Phi) is 4.06. The van der Waals surface area contributed by atoms with Gasteiger partial charge in [0.1, 0.15) is 0 Å². The van der Waals surface area contributed by atoms with Crippen molar-refractivity contribution in [2.45, 2.75) is 32.3 Å². The first-order valence-electron chi connectivity index (χ1n) is 8.65. The molecule has 0 spiro atoms. The van der Waals surface area contributed by atoms with Crippen molar-refractivity contribution >= 4 is 28.6 Å². The monoisotopic (exact) mass is 326 g/mol. The molecule has 0 saturated carbocycles. The number of para-hydroxylation sites is 2. The van der Waals surface area contributed by atoms with Crippen LogP contribution in [-0.2, 0) is 9.53 Å². The molecule has 24 heavy (non-hydrogen) atoms. The molecule has 2 aliphatic rings. The summed E-state index contributed by atoms with van der Waals surface area (Å²) in [4.78, 5) is 24.2. The van der Waals surface area contributed by atoms with Gasteiger partial charge < -0.3 is 15.0 Å². The summed E-state index contributed by atoms with van der Waals surface area (Å²) in [5.74, 6) is 1.22. The Morgan fingerprint density at radius 3 is 2.58 bits per heavy atom. The van der Waals surface area contributed by atoms with Gasteiger partial charge in [0, 0.05) is 13.1 Å². The number of nitrogens with one attached hydrogen (secondary N) is 1. The number of carbonyl (C=O) groups is 1. The summed E-state index contributed by atoms with van der Waals surface area (Å²) < 4.78 is 5.52. The van der Waals surface area contributed by atoms with Crippen LogP contribution in [0, 0.1) is 5.92 Å². The Hall–Kier alpha value is -2.21. The minimum Gasteiger partial charge on any atom is -0.378 e. The second-order valence-corrected chi connectivity index (χ2v) is 6.64. The van der Waals surface area contributed by atoms with Gasteiger partial charge in [-0.15, -0.1) is 0 Å². The Bertz CT molecular complexity index is 758. The number of hydrogen-bond acceptors (Lipinski definition) is 5. The van der Waals surface area contributed by atoms with Crippen LogP contribution >= 0.6 is 0 Å². The van der Waals surface area contributed by atoms with Crippen LogP contribution in [0.1, 0.15) is 26.2 Å². The molecule has 2 aromatic rings. The van der Waals surface area contributed by atoms with Gasteiger partial charge in [0.25, 0.3) is 0 Å². The lowest BCUT2D eigenvalue weighted by Crippen LogP contribution is -2.27. The lowest BCUT2D eigenvalue weighted by molar-refractivity contribution is -0.119. The van der Waals surface area contributed by atoms with E-state index >= 15 is 0 Å². The molecule has 1 aromatic heterocycles. The molecule has 2 aliphatic heterocycles. The van der Waals surface area contributed by atoms with Crippen LogP contribution in [0.5, 0.6) is 0 Å². The Morgan fingerprint density at radius 2 is 1.92 bits per heavy atom. The highest BCUT2D eigenvalue weighted by Gasteiger charge is 2.30. The van der Waals surface area contributed by atoms with Gasteiger partial charge in [-0.1, -0.05) is 12.1 Å². The number of carbonyl (C=O) groups excluding carboxylic acids is 1.